The molecule has 0 bridgehead atoms. The molecule has 0 aromatic rings. The van der Waals surface area contributed by atoms with E-state index in [0.717, 1.165) is 19.8 Å². The van der Waals surface area contributed by atoms with Crippen molar-refractivity contribution in [2.75, 3.05) is 19.8 Å². The maximum Gasteiger partial charge on any atom is 0.0780 e. The van der Waals surface area contributed by atoms with E-state index in [1.165, 1.54) is 180 Å². The number of rotatable bonds is 34. The molecule has 1 atom stereocenters. The summed E-state index contributed by atoms with van der Waals surface area (Å²) in [4.78, 5) is 0. The topological polar surface area (TPSA) is 18.5 Å². The largest absolute Gasteiger partial charge is 0.379 e. The summed E-state index contributed by atoms with van der Waals surface area (Å²) in [5.74, 6) is 0. The second-order valence-electron chi connectivity index (χ2n) is 12.3. The second-order valence-corrected chi connectivity index (χ2v) is 12.3. The molecule has 2 heteroatoms. The van der Waals surface area contributed by atoms with Gasteiger partial charge in [0.1, 0.15) is 0 Å². The molecule has 0 aliphatic heterocycles. The SMILES string of the molecule is CCCCCCCC/C=C\CCCCCCCCOC(C)COCCCCCCCCCCCCCCCC. The summed E-state index contributed by atoms with van der Waals surface area (Å²) in [6.45, 7) is 9.29. The average molecular weight is 551 g/mol. The van der Waals surface area contributed by atoms with E-state index in [2.05, 4.69) is 32.9 Å². The third-order valence-electron chi connectivity index (χ3n) is 8.05. The van der Waals surface area contributed by atoms with Gasteiger partial charge in [-0.05, 0) is 45.4 Å². The van der Waals surface area contributed by atoms with Crippen LogP contribution in [0.25, 0.3) is 0 Å². The van der Waals surface area contributed by atoms with Crippen molar-refractivity contribution >= 4 is 0 Å². The molecule has 0 N–H and O–H groups in total. The zero-order chi connectivity index (χ0) is 28.3. The first-order valence-corrected chi connectivity index (χ1v) is 18.2. The van der Waals surface area contributed by atoms with Gasteiger partial charge in [-0.15, -0.1) is 0 Å². The number of hydrogen-bond donors (Lipinski definition) is 0. The van der Waals surface area contributed by atoms with Gasteiger partial charge in [0.2, 0.25) is 0 Å². The van der Waals surface area contributed by atoms with Crippen LogP contribution in [0.5, 0.6) is 0 Å². The lowest BCUT2D eigenvalue weighted by Gasteiger charge is -2.13. The number of ether oxygens (including phenoxy) is 2. The van der Waals surface area contributed by atoms with Gasteiger partial charge in [-0.3, -0.25) is 0 Å². The number of unbranched alkanes of at least 4 members (excludes halogenated alkanes) is 25. The minimum absolute atomic E-state index is 0.236. The molecule has 2 nitrogen and oxygen atoms in total. The molecule has 0 aliphatic carbocycles. The highest BCUT2D eigenvalue weighted by Crippen LogP contribution is 2.13. The van der Waals surface area contributed by atoms with Gasteiger partial charge >= 0.3 is 0 Å². The Morgan fingerprint density at radius 3 is 1.15 bits per heavy atom. The van der Waals surface area contributed by atoms with Crippen molar-refractivity contribution in [3.05, 3.63) is 12.2 Å². The van der Waals surface area contributed by atoms with Gasteiger partial charge in [0.15, 0.2) is 0 Å². The Hall–Kier alpha value is -0.340. The molecule has 0 aromatic carbocycles. The van der Waals surface area contributed by atoms with E-state index in [-0.39, 0.29) is 6.10 Å². The Morgan fingerprint density at radius 2 is 0.744 bits per heavy atom. The van der Waals surface area contributed by atoms with Crippen LogP contribution in [0.15, 0.2) is 12.2 Å². The number of hydrogen-bond acceptors (Lipinski definition) is 2. The van der Waals surface area contributed by atoms with Crippen LogP contribution in [-0.4, -0.2) is 25.9 Å². The molecule has 0 fully saturated rings. The minimum Gasteiger partial charge on any atom is -0.379 e. The Morgan fingerprint density at radius 1 is 0.410 bits per heavy atom. The molecule has 0 spiro atoms. The smallest absolute Gasteiger partial charge is 0.0780 e. The van der Waals surface area contributed by atoms with Crippen LogP contribution in [0.3, 0.4) is 0 Å². The molecule has 0 radical (unpaired) electrons. The van der Waals surface area contributed by atoms with Crippen LogP contribution in [0.1, 0.15) is 201 Å². The van der Waals surface area contributed by atoms with Crippen LogP contribution in [0.4, 0.5) is 0 Å². The van der Waals surface area contributed by atoms with Crippen molar-refractivity contribution in [1.29, 1.82) is 0 Å². The zero-order valence-corrected chi connectivity index (χ0v) is 27.5. The first kappa shape index (κ1) is 38.7. The molecule has 0 amide bonds. The highest BCUT2D eigenvalue weighted by molar-refractivity contribution is 4.81. The fraction of sp³-hybridized carbons (Fsp3) is 0.946. The summed E-state index contributed by atoms with van der Waals surface area (Å²) in [7, 11) is 0. The maximum absolute atomic E-state index is 5.95. The first-order chi connectivity index (χ1) is 19.3. The molecular weight excluding hydrogens is 476 g/mol. The quantitative estimate of drug-likeness (QED) is 0.0586. The molecule has 0 rings (SSSR count). The average Bonchev–Trinajstić information content (AvgIpc) is 2.94. The normalized spacial score (nSPS) is 12.6. The third-order valence-corrected chi connectivity index (χ3v) is 8.05. The van der Waals surface area contributed by atoms with Crippen LogP contribution in [-0.2, 0) is 9.47 Å². The molecule has 39 heavy (non-hydrogen) atoms. The Balaban J connectivity index is 3.17. The molecule has 0 heterocycles. The fourth-order valence-electron chi connectivity index (χ4n) is 5.33. The van der Waals surface area contributed by atoms with Gasteiger partial charge in [-0.2, -0.15) is 0 Å². The van der Waals surface area contributed by atoms with Crippen molar-refractivity contribution in [1.82, 2.24) is 0 Å². The lowest BCUT2D eigenvalue weighted by molar-refractivity contribution is -0.00869. The summed E-state index contributed by atoms with van der Waals surface area (Å²) in [6, 6.07) is 0. The predicted molar refractivity (Wildman–Crippen MR) is 176 cm³/mol. The molecule has 0 saturated heterocycles. The van der Waals surface area contributed by atoms with Crippen molar-refractivity contribution in [3.8, 4) is 0 Å². The van der Waals surface area contributed by atoms with Crippen LogP contribution in [0.2, 0.25) is 0 Å². The van der Waals surface area contributed by atoms with Crippen LogP contribution < -0.4 is 0 Å². The Bertz CT molecular complexity index is 447. The highest BCUT2D eigenvalue weighted by Gasteiger charge is 2.02. The zero-order valence-electron chi connectivity index (χ0n) is 27.5. The lowest BCUT2D eigenvalue weighted by atomic mass is 10.0. The predicted octanol–water partition coefficient (Wildman–Crippen LogP) is 12.9. The van der Waals surface area contributed by atoms with Crippen molar-refractivity contribution < 1.29 is 9.47 Å². The van der Waals surface area contributed by atoms with E-state index in [1.807, 2.05) is 0 Å². The van der Waals surface area contributed by atoms with E-state index in [0.29, 0.717) is 0 Å². The van der Waals surface area contributed by atoms with Gasteiger partial charge in [0.05, 0.1) is 12.7 Å². The molecular formula is C37H74O2. The molecule has 0 aromatic heterocycles. The standard InChI is InChI=1S/C37H74O2/c1-4-6-8-10-12-14-16-18-20-21-23-25-27-29-31-33-35-39-37(3)36-38-34-32-30-28-26-24-22-19-17-15-13-11-9-7-5-2/h18,20,37H,4-17,19,21-36H2,1-3H3/b20-18-. The summed E-state index contributed by atoms with van der Waals surface area (Å²) >= 11 is 0. The van der Waals surface area contributed by atoms with Gasteiger partial charge in [0.25, 0.3) is 0 Å². The third kappa shape index (κ3) is 35.6. The van der Waals surface area contributed by atoms with E-state index < -0.39 is 0 Å². The minimum atomic E-state index is 0.236. The summed E-state index contributed by atoms with van der Waals surface area (Å²) in [5.41, 5.74) is 0. The van der Waals surface area contributed by atoms with E-state index in [1.54, 1.807) is 0 Å². The highest BCUT2D eigenvalue weighted by atomic mass is 16.5. The van der Waals surface area contributed by atoms with Gasteiger partial charge in [-0.25, -0.2) is 0 Å². The second kappa shape index (κ2) is 35.7. The summed E-state index contributed by atoms with van der Waals surface area (Å²) in [6.07, 6.45) is 43.7. The Labute approximate surface area is 247 Å². The van der Waals surface area contributed by atoms with Crippen LogP contribution >= 0.6 is 0 Å². The number of allylic oxidation sites excluding steroid dienone is 2. The molecule has 0 aliphatic rings. The van der Waals surface area contributed by atoms with E-state index in [4.69, 9.17) is 9.47 Å². The van der Waals surface area contributed by atoms with Crippen molar-refractivity contribution in [3.63, 3.8) is 0 Å². The van der Waals surface area contributed by atoms with Gasteiger partial charge in [-0.1, -0.05) is 167 Å². The molecule has 0 saturated carbocycles. The summed E-state index contributed by atoms with van der Waals surface area (Å²) < 4.78 is 11.8. The van der Waals surface area contributed by atoms with Gasteiger partial charge < -0.3 is 9.47 Å². The maximum atomic E-state index is 5.95. The van der Waals surface area contributed by atoms with E-state index in [9.17, 15) is 0 Å². The lowest BCUT2D eigenvalue weighted by Crippen LogP contribution is -2.17. The van der Waals surface area contributed by atoms with Crippen molar-refractivity contribution in [2.24, 2.45) is 0 Å². The van der Waals surface area contributed by atoms with Crippen LogP contribution in [0, 0.1) is 0 Å². The first-order valence-electron chi connectivity index (χ1n) is 18.2. The Kier molecular flexibility index (Phi) is 35.4. The molecule has 234 valence electrons. The molecule has 1 unspecified atom stereocenters. The van der Waals surface area contributed by atoms with Gasteiger partial charge in [0, 0.05) is 13.2 Å². The van der Waals surface area contributed by atoms with Crippen molar-refractivity contribution in [2.45, 2.75) is 207 Å². The van der Waals surface area contributed by atoms with E-state index >= 15 is 0 Å². The summed E-state index contributed by atoms with van der Waals surface area (Å²) in [5, 5.41) is 0. The fourth-order valence-corrected chi connectivity index (χ4v) is 5.33. The monoisotopic (exact) mass is 551 g/mol.